The van der Waals surface area contributed by atoms with E-state index >= 15 is 0 Å². The van der Waals surface area contributed by atoms with Gasteiger partial charge in [-0.25, -0.2) is 9.97 Å². The van der Waals surface area contributed by atoms with E-state index in [4.69, 9.17) is 4.74 Å². The van der Waals surface area contributed by atoms with E-state index in [0.29, 0.717) is 5.56 Å². The zero-order chi connectivity index (χ0) is 26.2. The number of benzene rings is 2. The number of nitrogens with zero attached hydrogens (tertiary/aromatic N) is 3. The van der Waals surface area contributed by atoms with Crippen LogP contribution in [0, 0.1) is 6.92 Å². The number of hydrogen-bond donors (Lipinski definition) is 2. The average molecular weight is 502 g/mol. The molecule has 0 radical (unpaired) electrons. The van der Waals surface area contributed by atoms with E-state index in [0.717, 1.165) is 48.7 Å². The minimum atomic E-state index is -1.01. The molecule has 0 saturated heterocycles. The van der Waals surface area contributed by atoms with Gasteiger partial charge >= 0.3 is 5.97 Å². The summed E-state index contributed by atoms with van der Waals surface area (Å²) in [6, 6.07) is 20.8. The highest BCUT2D eigenvalue weighted by Gasteiger charge is 2.32. The van der Waals surface area contributed by atoms with Gasteiger partial charge in [0.05, 0.1) is 0 Å². The molecule has 1 atom stereocenters. The van der Waals surface area contributed by atoms with Crippen molar-refractivity contribution in [1.82, 2.24) is 15.3 Å². The summed E-state index contributed by atoms with van der Waals surface area (Å²) in [5.41, 5.74) is 1.51. The van der Waals surface area contributed by atoms with E-state index in [9.17, 15) is 9.59 Å². The summed E-state index contributed by atoms with van der Waals surface area (Å²) in [4.78, 5) is 37.3. The fourth-order valence-electron chi connectivity index (χ4n) is 4.58. The van der Waals surface area contributed by atoms with Crippen LogP contribution < -0.4 is 15.5 Å². The highest BCUT2D eigenvalue weighted by molar-refractivity contribution is 6.03. The molecule has 0 aliphatic heterocycles. The topological polar surface area (TPSA) is 96.5 Å². The van der Waals surface area contributed by atoms with E-state index < -0.39 is 11.9 Å². The van der Waals surface area contributed by atoms with Crippen LogP contribution in [0.2, 0.25) is 0 Å². The fourth-order valence-corrected chi connectivity index (χ4v) is 4.58. The first kappa shape index (κ1) is 26.1. The molecule has 1 aliphatic rings. The van der Waals surface area contributed by atoms with Crippen molar-refractivity contribution in [2.75, 3.05) is 24.3 Å². The van der Waals surface area contributed by atoms with Crippen LogP contribution in [0.15, 0.2) is 66.7 Å². The van der Waals surface area contributed by atoms with Crippen molar-refractivity contribution in [2.45, 2.75) is 57.2 Å². The second-order valence-electron chi connectivity index (χ2n) is 9.69. The van der Waals surface area contributed by atoms with Gasteiger partial charge in [0.15, 0.2) is 5.92 Å². The first-order chi connectivity index (χ1) is 17.9. The Morgan fingerprint density at radius 1 is 0.946 bits per heavy atom. The number of carbonyl (C=O) groups is 2. The Bertz CT molecular complexity index is 1180. The molecule has 1 fully saturated rings. The molecule has 1 heterocycles. The van der Waals surface area contributed by atoms with Crippen LogP contribution in [0.5, 0.6) is 0 Å². The van der Waals surface area contributed by atoms with Crippen LogP contribution in [0.1, 0.15) is 48.6 Å². The maximum Gasteiger partial charge on any atom is 0.323 e. The molecule has 2 N–H and O–H groups in total. The summed E-state index contributed by atoms with van der Waals surface area (Å²) in [6.07, 6.45) is 3.41. The molecular weight excluding hydrogens is 466 g/mol. The quantitative estimate of drug-likeness (QED) is 0.335. The van der Waals surface area contributed by atoms with Crippen molar-refractivity contribution in [1.29, 1.82) is 0 Å². The number of hydrogen-bond acceptors (Lipinski definition) is 7. The first-order valence-corrected chi connectivity index (χ1v) is 12.7. The van der Waals surface area contributed by atoms with Crippen LogP contribution in [0.3, 0.4) is 0 Å². The minimum absolute atomic E-state index is 0.00292. The van der Waals surface area contributed by atoms with Gasteiger partial charge in [-0.05, 0) is 43.7 Å². The van der Waals surface area contributed by atoms with Crippen molar-refractivity contribution in [3.05, 3.63) is 83.7 Å². The first-order valence-electron chi connectivity index (χ1n) is 12.7. The maximum absolute atomic E-state index is 13.3. The molecule has 37 heavy (non-hydrogen) atoms. The van der Waals surface area contributed by atoms with Gasteiger partial charge in [0, 0.05) is 32.2 Å². The number of nitrogens with one attached hydrogen (secondary N) is 2. The van der Waals surface area contributed by atoms with Gasteiger partial charge in [-0.15, -0.1) is 0 Å². The molecule has 8 nitrogen and oxygen atoms in total. The maximum atomic E-state index is 13.3. The van der Waals surface area contributed by atoms with Crippen molar-refractivity contribution in [3.8, 4) is 0 Å². The Morgan fingerprint density at radius 3 is 2.22 bits per heavy atom. The second-order valence-corrected chi connectivity index (χ2v) is 9.69. The number of esters is 1. The molecular formula is C29H35N5O3. The number of rotatable bonds is 9. The van der Waals surface area contributed by atoms with Crippen LogP contribution in [0.4, 0.5) is 11.6 Å². The Morgan fingerprint density at radius 2 is 1.57 bits per heavy atom. The molecule has 8 heteroatoms. The van der Waals surface area contributed by atoms with Crippen molar-refractivity contribution in [3.63, 3.8) is 0 Å². The number of amides is 1. The standard InChI is InChI=1S/C29H35N5O3/c1-20-30-25(18-26(31-20)34(2)3)32-23-14-16-24(17-15-23)33-28(35)27(22-12-8-5-9-13-22)29(36)37-19-21-10-6-4-7-11-21/h4-13,18,23-24,27H,14-17,19H2,1-3H3,(H,33,35)(H,30,31,32). The number of ether oxygens (including phenoxy) is 1. The van der Waals surface area contributed by atoms with Crippen LogP contribution >= 0.6 is 0 Å². The zero-order valence-corrected chi connectivity index (χ0v) is 21.7. The van der Waals surface area contributed by atoms with Crippen molar-refractivity contribution < 1.29 is 14.3 Å². The Balaban J connectivity index is 1.35. The monoisotopic (exact) mass is 501 g/mol. The normalized spacial score (nSPS) is 17.9. The van der Waals surface area contributed by atoms with E-state index in [1.54, 1.807) is 12.1 Å². The molecule has 4 rings (SSSR count). The summed E-state index contributed by atoms with van der Waals surface area (Å²) in [7, 11) is 3.92. The molecule has 1 saturated carbocycles. The van der Waals surface area contributed by atoms with Gasteiger partial charge in [-0.2, -0.15) is 0 Å². The lowest BCUT2D eigenvalue weighted by Crippen LogP contribution is -2.44. The lowest BCUT2D eigenvalue weighted by Gasteiger charge is -2.31. The molecule has 3 aromatic rings. The minimum Gasteiger partial charge on any atom is -0.460 e. The SMILES string of the molecule is Cc1nc(NC2CCC(NC(=O)C(C(=O)OCc3ccccc3)c3ccccc3)CC2)cc(N(C)C)n1. The van der Waals surface area contributed by atoms with Gasteiger partial charge < -0.3 is 20.3 Å². The molecule has 2 aromatic carbocycles. The Kier molecular flexibility index (Phi) is 8.72. The van der Waals surface area contributed by atoms with Gasteiger partial charge in [0.2, 0.25) is 5.91 Å². The third-order valence-electron chi connectivity index (χ3n) is 6.56. The second kappa shape index (κ2) is 12.3. The van der Waals surface area contributed by atoms with Crippen molar-refractivity contribution >= 4 is 23.5 Å². The predicted octanol–water partition coefficient (Wildman–Crippen LogP) is 4.22. The largest absolute Gasteiger partial charge is 0.460 e. The van der Waals surface area contributed by atoms with Crippen LogP contribution in [-0.2, 0) is 20.9 Å². The fraction of sp³-hybridized carbons (Fsp3) is 0.379. The van der Waals surface area contributed by atoms with E-state index in [1.807, 2.05) is 80.5 Å². The highest BCUT2D eigenvalue weighted by atomic mass is 16.5. The molecule has 194 valence electrons. The summed E-state index contributed by atoms with van der Waals surface area (Å²) >= 11 is 0. The number of carbonyl (C=O) groups excluding carboxylic acids is 2. The van der Waals surface area contributed by atoms with E-state index in [2.05, 4.69) is 20.6 Å². The highest BCUT2D eigenvalue weighted by Crippen LogP contribution is 2.25. The van der Waals surface area contributed by atoms with Crippen LogP contribution in [0.25, 0.3) is 0 Å². The molecule has 1 aromatic heterocycles. The van der Waals surface area contributed by atoms with Gasteiger partial charge in [-0.1, -0.05) is 60.7 Å². The summed E-state index contributed by atoms with van der Waals surface area (Å²) < 4.78 is 5.55. The predicted molar refractivity (Wildman–Crippen MR) is 144 cm³/mol. The molecule has 1 aliphatic carbocycles. The average Bonchev–Trinajstić information content (AvgIpc) is 2.89. The molecule has 1 amide bonds. The molecule has 1 unspecified atom stereocenters. The number of aryl methyl sites for hydroxylation is 1. The van der Waals surface area contributed by atoms with Gasteiger partial charge in [0.25, 0.3) is 0 Å². The van der Waals surface area contributed by atoms with Gasteiger partial charge in [0.1, 0.15) is 24.1 Å². The third-order valence-corrected chi connectivity index (χ3v) is 6.56. The third kappa shape index (κ3) is 7.29. The Hall–Kier alpha value is -3.94. The number of anilines is 2. The summed E-state index contributed by atoms with van der Waals surface area (Å²) in [5.74, 6) is 0.535. The Labute approximate surface area is 218 Å². The van der Waals surface area contributed by atoms with Crippen molar-refractivity contribution in [2.24, 2.45) is 0 Å². The molecule has 0 bridgehead atoms. The lowest BCUT2D eigenvalue weighted by molar-refractivity contribution is -0.150. The molecule has 0 spiro atoms. The van der Waals surface area contributed by atoms with E-state index in [-0.39, 0.29) is 24.6 Å². The summed E-state index contributed by atoms with van der Waals surface area (Å²) in [5, 5.41) is 6.64. The smallest absolute Gasteiger partial charge is 0.323 e. The van der Waals surface area contributed by atoms with Crippen LogP contribution in [-0.4, -0.2) is 48.0 Å². The van der Waals surface area contributed by atoms with E-state index in [1.165, 1.54) is 0 Å². The summed E-state index contributed by atoms with van der Waals surface area (Å²) in [6.45, 7) is 2.02. The zero-order valence-electron chi connectivity index (χ0n) is 21.7. The number of aromatic nitrogens is 2. The van der Waals surface area contributed by atoms with Gasteiger partial charge in [-0.3, -0.25) is 9.59 Å². The lowest BCUT2D eigenvalue weighted by atomic mass is 9.90.